The molecular weight excluding hydrogens is 252 g/mol. The number of para-hydroxylation sites is 1. The van der Waals surface area contributed by atoms with E-state index in [9.17, 15) is 4.79 Å². The molecule has 1 atom stereocenters. The standard InChI is InChI=1S/C16H24N2O2/c1-4-14(17-2)13-7-5-6-8-15(13)20-11-16(19)18(3)12-9-10-12/h5-8,12,14,17H,4,9-11H2,1-3H3. The predicted octanol–water partition coefficient (Wildman–Crippen LogP) is 2.36. The summed E-state index contributed by atoms with van der Waals surface area (Å²) < 4.78 is 5.75. The number of amides is 1. The van der Waals surface area contributed by atoms with Crippen molar-refractivity contribution in [3.05, 3.63) is 29.8 Å². The van der Waals surface area contributed by atoms with Crippen LogP contribution in [0, 0.1) is 0 Å². The number of ether oxygens (including phenoxy) is 1. The first-order chi connectivity index (χ1) is 9.67. The van der Waals surface area contributed by atoms with Crippen LogP contribution in [-0.2, 0) is 4.79 Å². The third-order valence-electron chi connectivity index (χ3n) is 3.89. The van der Waals surface area contributed by atoms with E-state index < -0.39 is 0 Å². The number of rotatable bonds is 7. The number of hydrogen-bond donors (Lipinski definition) is 1. The molecule has 110 valence electrons. The molecule has 1 aromatic carbocycles. The highest BCUT2D eigenvalue weighted by molar-refractivity contribution is 5.78. The molecule has 1 saturated carbocycles. The van der Waals surface area contributed by atoms with Crippen LogP contribution >= 0.6 is 0 Å². The van der Waals surface area contributed by atoms with Crippen LogP contribution in [0.3, 0.4) is 0 Å². The van der Waals surface area contributed by atoms with Crippen LogP contribution in [0.15, 0.2) is 24.3 Å². The van der Waals surface area contributed by atoms with Gasteiger partial charge >= 0.3 is 0 Å². The first-order valence-electron chi connectivity index (χ1n) is 7.32. The monoisotopic (exact) mass is 276 g/mol. The minimum absolute atomic E-state index is 0.0554. The highest BCUT2D eigenvalue weighted by Gasteiger charge is 2.29. The van der Waals surface area contributed by atoms with Crippen molar-refractivity contribution >= 4 is 5.91 Å². The largest absolute Gasteiger partial charge is 0.483 e. The van der Waals surface area contributed by atoms with Crippen molar-refractivity contribution in [2.75, 3.05) is 20.7 Å². The van der Waals surface area contributed by atoms with Gasteiger partial charge in [-0.1, -0.05) is 25.1 Å². The Morgan fingerprint density at radius 1 is 1.45 bits per heavy atom. The van der Waals surface area contributed by atoms with Gasteiger partial charge in [0.05, 0.1) is 0 Å². The molecule has 1 unspecified atom stereocenters. The van der Waals surface area contributed by atoms with Gasteiger partial charge in [-0.2, -0.15) is 0 Å². The van der Waals surface area contributed by atoms with Crippen LogP contribution in [0.4, 0.5) is 0 Å². The molecule has 1 amide bonds. The molecule has 20 heavy (non-hydrogen) atoms. The summed E-state index contributed by atoms with van der Waals surface area (Å²) >= 11 is 0. The van der Waals surface area contributed by atoms with E-state index in [4.69, 9.17) is 4.74 Å². The molecule has 0 radical (unpaired) electrons. The molecule has 0 saturated heterocycles. The number of carbonyl (C=O) groups is 1. The van der Waals surface area contributed by atoms with Gasteiger partial charge < -0.3 is 15.0 Å². The van der Waals surface area contributed by atoms with Crippen molar-refractivity contribution in [1.29, 1.82) is 0 Å². The summed E-state index contributed by atoms with van der Waals surface area (Å²) in [7, 11) is 3.80. The maximum Gasteiger partial charge on any atom is 0.260 e. The van der Waals surface area contributed by atoms with Crippen LogP contribution in [-0.4, -0.2) is 37.6 Å². The Morgan fingerprint density at radius 3 is 2.75 bits per heavy atom. The smallest absolute Gasteiger partial charge is 0.260 e. The van der Waals surface area contributed by atoms with Crippen LogP contribution < -0.4 is 10.1 Å². The quantitative estimate of drug-likeness (QED) is 0.831. The summed E-state index contributed by atoms with van der Waals surface area (Å²) in [6.45, 7) is 2.24. The SMILES string of the molecule is CCC(NC)c1ccccc1OCC(=O)N(C)C1CC1. The third-order valence-corrected chi connectivity index (χ3v) is 3.89. The van der Waals surface area contributed by atoms with Gasteiger partial charge in [-0.25, -0.2) is 0 Å². The minimum Gasteiger partial charge on any atom is -0.483 e. The number of nitrogens with one attached hydrogen (secondary N) is 1. The van der Waals surface area contributed by atoms with E-state index in [1.165, 1.54) is 0 Å². The van der Waals surface area contributed by atoms with E-state index in [2.05, 4.69) is 18.3 Å². The molecular formula is C16H24N2O2. The van der Waals surface area contributed by atoms with Crippen molar-refractivity contribution in [2.24, 2.45) is 0 Å². The lowest BCUT2D eigenvalue weighted by Gasteiger charge is -2.20. The Morgan fingerprint density at radius 2 is 2.15 bits per heavy atom. The molecule has 0 aromatic heterocycles. The fourth-order valence-corrected chi connectivity index (χ4v) is 2.39. The molecule has 0 bridgehead atoms. The fourth-order valence-electron chi connectivity index (χ4n) is 2.39. The van der Waals surface area contributed by atoms with E-state index in [0.29, 0.717) is 6.04 Å². The van der Waals surface area contributed by atoms with Gasteiger partial charge in [-0.15, -0.1) is 0 Å². The molecule has 1 fully saturated rings. The molecule has 4 nitrogen and oxygen atoms in total. The van der Waals surface area contributed by atoms with E-state index in [0.717, 1.165) is 30.6 Å². The summed E-state index contributed by atoms with van der Waals surface area (Å²) in [5, 5.41) is 3.27. The number of carbonyl (C=O) groups excluding carboxylic acids is 1. The zero-order valence-corrected chi connectivity index (χ0v) is 12.6. The van der Waals surface area contributed by atoms with Crippen LogP contribution in [0.5, 0.6) is 5.75 Å². The second-order valence-corrected chi connectivity index (χ2v) is 5.31. The average Bonchev–Trinajstić information content (AvgIpc) is 3.31. The van der Waals surface area contributed by atoms with Crippen LogP contribution in [0.25, 0.3) is 0 Å². The van der Waals surface area contributed by atoms with E-state index in [1.54, 1.807) is 4.90 Å². The van der Waals surface area contributed by atoms with Gasteiger partial charge in [0.15, 0.2) is 6.61 Å². The third kappa shape index (κ3) is 3.51. The second kappa shape index (κ2) is 6.75. The molecule has 1 aliphatic rings. The molecule has 0 spiro atoms. The summed E-state index contributed by atoms with van der Waals surface area (Å²) in [5.41, 5.74) is 1.11. The lowest BCUT2D eigenvalue weighted by Crippen LogP contribution is -2.33. The van der Waals surface area contributed by atoms with E-state index in [1.807, 2.05) is 32.3 Å². The Labute approximate surface area is 121 Å². The number of likely N-dealkylation sites (N-methyl/N-ethyl adjacent to an activating group) is 1. The number of hydrogen-bond acceptors (Lipinski definition) is 3. The highest BCUT2D eigenvalue weighted by atomic mass is 16.5. The second-order valence-electron chi connectivity index (χ2n) is 5.31. The van der Waals surface area contributed by atoms with Gasteiger partial charge in [0.2, 0.25) is 0 Å². The summed E-state index contributed by atoms with van der Waals surface area (Å²) in [4.78, 5) is 13.8. The topological polar surface area (TPSA) is 41.6 Å². The summed E-state index contributed by atoms with van der Waals surface area (Å²) in [6.07, 6.45) is 3.22. The van der Waals surface area contributed by atoms with Crippen molar-refractivity contribution < 1.29 is 9.53 Å². The van der Waals surface area contributed by atoms with Crippen molar-refractivity contribution in [1.82, 2.24) is 10.2 Å². The van der Waals surface area contributed by atoms with Crippen LogP contribution in [0.1, 0.15) is 37.8 Å². The Kier molecular flexibility index (Phi) is 5.01. The van der Waals surface area contributed by atoms with Crippen molar-refractivity contribution in [3.8, 4) is 5.75 Å². The van der Waals surface area contributed by atoms with Gasteiger partial charge in [-0.05, 0) is 32.4 Å². The fraction of sp³-hybridized carbons (Fsp3) is 0.562. The first-order valence-corrected chi connectivity index (χ1v) is 7.32. The molecule has 0 heterocycles. The maximum atomic E-state index is 12.0. The lowest BCUT2D eigenvalue weighted by atomic mass is 10.0. The zero-order chi connectivity index (χ0) is 14.5. The molecule has 0 aliphatic heterocycles. The molecule has 4 heteroatoms. The zero-order valence-electron chi connectivity index (χ0n) is 12.6. The maximum absolute atomic E-state index is 12.0. The van der Waals surface area contributed by atoms with Gasteiger partial charge in [0.1, 0.15) is 5.75 Å². The van der Waals surface area contributed by atoms with Crippen LogP contribution in [0.2, 0.25) is 0 Å². The van der Waals surface area contributed by atoms with Crippen molar-refractivity contribution in [3.63, 3.8) is 0 Å². The summed E-state index contributed by atoms with van der Waals surface area (Å²) in [6, 6.07) is 8.61. The number of nitrogens with zero attached hydrogens (tertiary/aromatic N) is 1. The molecule has 2 rings (SSSR count). The number of benzene rings is 1. The minimum atomic E-state index is 0.0554. The molecule has 1 aromatic rings. The van der Waals surface area contributed by atoms with Gasteiger partial charge in [0.25, 0.3) is 5.91 Å². The van der Waals surface area contributed by atoms with Crippen molar-refractivity contribution in [2.45, 2.75) is 38.3 Å². The first kappa shape index (κ1) is 14.9. The Bertz CT molecular complexity index is 454. The molecule has 1 aliphatic carbocycles. The molecule has 1 N–H and O–H groups in total. The van der Waals surface area contributed by atoms with E-state index >= 15 is 0 Å². The summed E-state index contributed by atoms with van der Waals surface area (Å²) in [5.74, 6) is 0.853. The lowest BCUT2D eigenvalue weighted by molar-refractivity contribution is -0.132. The van der Waals surface area contributed by atoms with Gasteiger partial charge in [0, 0.05) is 24.7 Å². The average molecular weight is 276 g/mol. The highest BCUT2D eigenvalue weighted by Crippen LogP contribution is 2.28. The predicted molar refractivity (Wildman–Crippen MR) is 79.8 cm³/mol. The Balaban J connectivity index is 1.99. The van der Waals surface area contributed by atoms with Gasteiger partial charge in [-0.3, -0.25) is 4.79 Å². The van der Waals surface area contributed by atoms with E-state index in [-0.39, 0.29) is 18.6 Å². The normalized spacial score (nSPS) is 15.8. The Hall–Kier alpha value is -1.55.